The maximum atomic E-state index is 12.5. The molecule has 32 heavy (non-hydrogen) atoms. The number of nitrogens with one attached hydrogen (secondary N) is 1. The van der Waals surface area contributed by atoms with E-state index in [0.717, 1.165) is 5.56 Å². The molecule has 164 valence electrons. The van der Waals surface area contributed by atoms with Crippen LogP contribution in [-0.4, -0.2) is 38.1 Å². The van der Waals surface area contributed by atoms with Crippen molar-refractivity contribution >= 4 is 44.6 Å². The Morgan fingerprint density at radius 1 is 1.09 bits per heavy atom. The largest absolute Gasteiger partial charge is 0.466 e. The Kier molecular flexibility index (Phi) is 6.66. The van der Waals surface area contributed by atoms with Crippen LogP contribution >= 0.6 is 22.7 Å². The molecule has 3 aromatic heterocycles. The van der Waals surface area contributed by atoms with E-state index in [4.69, 9.17) is 4.74 Å². The molecular weight excluding hydrogens is 450 g/mol. The van der Waals surface area contributed by atoms with Gasteiger partial charge in [-0.25, -0.2) is 9.50 Å². The van der Waals surface area contributed by atoms with Crippen molar-refractivity contribution in [2.75, 3.05) is 11.9 Å². The molecule has 4 aromatic rings. The molecule has 11 heteroatoms. The van der Waals surface area contributed by atoms with E-state index in [1.54, 1.807) is 17.7 Å². The third-order valence-electron chi connectivity index (χ3n) is 4.40. The van der Waals surface area contributed by atoms with Gasteiger partial charge in [-0.15, -0.1) is 22.7 Å². The van der Waals surface area contributed by atoms with Crippen LogP contribution in [0.3, 0.4) is 0 Å². The third kappa shape index (κ3) is 5.24. The van der Waals surface area contributed by atoms with E-state index < -0.39 is 0 Å². The van der Waals surface area contributed by atoms with Crippen LogP contribution in [0, 0.1) is 0 Å². The molecule has 0 unspecified atom stereocenters. The molecule has 0 aliphatic carbocycles. The van der Waals surface area contributed by atoms with E-state index in [9.17, 15) is 14.4 Å². The van der Waals surface area contributed by atoms with E-state index in [1.165, 1.54) is 27.2 Å². The van der Waals surface area contributed by atoms with Crippen molar-refractivity contribution in [3.8, 4) is 0 Å². The lowest BCUT2D eigenvalue weighted by Gasteiger charge is -2.04. The summed E-state index contributed by atoms with van der Waals surface area (Å²) in [4.78, 5) is 45.2. The van der Waals surface area contributed by atoms with Crippen LogP contribution in [0.5, 0.6) is 0 Å². The minimum Gasteiger partial charge on any atom is -0.466 e. The van der Waals surface area contributed by atoms with Gasteiger partial charge in [-0.2, -0.15) is 10.1 Å². The fraction of sp³-hybridized carbons (Fsp3) is 0.238. The quantitative estimate of drug-likeness (QED) is 0.394. The van der Waals surface area contributed by atoms with E-state index in [0.29, 0.717) is 40.2 Å². The molecule has 1 N–H and O–H groups in total. The zero-order valence-corrected chi connectivity index (χ0v) is 18.7. The summed E-state index contributed by atoms with van der Waals surface area (Å²) in [5, 5.41) is 11.1. The standard InChI is InChI=1S/C21H19N5O4S2/c1-2-30-18(28)9-14-11-31-20(22-14)23-17(27)10-15-12-32-21-24-19(29)16(25-26(15)21)8-13-6-4-3-5-7-13/h3-7,11-12H,2,8-10H2,1H3,(H,22,23,27). The Labute approximate surface area is 190 Å². The fourth-order valence-corrected chi connectivity index (χ4v) is 4.53. The average molecular weight is 470 g/mol. The number of fused-ring (bicyclic) bond motifs is 1. The molecule has 0 radical (unpaired) electrons. The van der Waals surface area contributed by atoms with Gasteiger partial charge in [0, 0.05) is 17.2 Å². The number of amides is 1. The first-order valence-electron chi connectivity index (χ1n) is 9.82. The van der Waals surface area contributed by atoms with Gasteiger partial charge in [0.1, 0.15) is 5.69 Å². The molecule has 0 aliphatic rings. The van der Waals surface area contributed by atoms with Crippen LogP contribution in [0.2, 0.25) is 0 Å². The topological polar surface area (TPSA) is 116 Å². The number of esters is 1. The summed E-state index contributed by atoms with van der Waals surface area (Å²) in [6.07, 6.45) is 0.455. The number of hydrogen-bond acceptors (Lipinski definition) is 9. The fourth-order valence-electron chi connectivity index (χ4n) is 2.99. The second-order valence-electron chi connectivity index (χ2n) is 6.80. The molecule has 4 rings (SSSR count). The van der Waals surface area contributed by atoms with Gasteiger partial charge in [-0.1, -0.05) is 30.3 Å². The predicted octanol–water partition coefficient (Wildman–Crippen LogP) is 2.49. The van der Waals surface area contributed by atoms with Crippen molar-refractivity contribution in [3.63, 3.8) is 0 Å². The minimum atomic E-state index is -0.372. The van der Waals surface area contributed by atoms with Crippen LogP contribution in [-0.2, 0) is 33.6 Å². The molecule has 0 aliphatic heterocycles. The average Bonchev–Trinajstić information content (AvgIpc) is 3.36. The molecule has 1 amide bonds. The van der Waals surface area contributed by atoms with Crippen molar-refractivity contribution < 1.29 is 14.3 Å². The number of carbonyl (C=O) groups is 2. The first-order chi connectivity index (χ1) is 15.5. The number of aromatic nitrogens is 4. The van der Waals surface area contributed by atoms with Gasteiger partial charge >= 0.3 is 5.97 Å². The van der Waals surface area contributed by atoms with Gasteiger partial charge in [-0.3, -0.25) is 14.4 Å². The van der Waals surface area contributed by atoms with Crippen molar-refractivity contribution in [1.29, 1.82) is 0 Å². The number of hydrogen-bond donors (Lipinski definition) is 1. The Morgan fingerprint density at radius 3 is 2.69 bits per heavy atom. The Balaban J connectivity index is 1.46. The smallest absolute Gasteiger partial charge is 0.311 e. The summed E-state index contributed by atoms with van der Waals surface area (Å²) in [5.74, 6) is -0.647. The molecule has 0 fully saturated rings. The van der Waals surface area contributed by atoms with E-state index in [2.05, 4.69) is 20.4 Å². The third-order valence-corrected chi connectivity index (χ3v) is 6.07. The zero-order valence-electron chi connectivity index (χ0n) is 17.1. The molecule has 0 bridgehead atoms. The van der Waals surface area contributed by atoms with Gasteiger partial charge in [-0.05, 0) is 12.5 Å². The molecule has 0 saturated heterocycles. The van der Waals surface area contributed by atoms with Crippen LogP contribution < -0.4 is 10.9 Å². The molecule has 0 spiro atoms. The molecule has 0 atom stereocenters. The Bertz CT molecular complexity index is 1310. The highest BCUT2D eigenvalue weighted by molar-refractivity contribution is 7.15. The van der Waals surface area contributed by atoms with Crippen molar-refractivity contribution in [2.45, 2.75) is 26.2 Å². The lowest BCUT2D eigenvalue weighted by Crippen LogP contribution is -2.21. The maximum absolute atomic E-state index is 12.5. The van der Waals surface area contributed by atoms with Gasteiger partial charge < -0.3 is 10.1 Å². The van der Waals surface area contributed by atoms with Crippen LogP contribution in [0.4, 0.5) is 5.13 Å². The van der Waals surface area contributed by atoms with Crippen LogP contribution in [0.15, 0.2) is 45.9 Å². The van der Waals surface area contributed by atoms with E-state index >= 15 is 0 Å². The normalized spacial score (nSPS) is 10.9. The summed E-state index contributed by atoms with van der Waals surface area (Å²) in [6.45, 7) is 2.05. The van der Waals surface area contributed by atoms with Crippen LogP contribution in [0.1, 0.15) is 29.6 Å². The molecule has 9 nitrogen and oxygen atoms in total. The highest BCUT2D eigenvalue weighted by atomic mass is 32.1. The van der Waals surface area contributed by atoms with Gasteiger partial charge in [0.15, 0.2) is 5.13 Å². The second-order valence-corrected chi connectivity index (χ2v) is 8.49. The summed E-state index contributed by atoms with van der Waals surface area (Å²) < 4.78 is 6.44. The number of rotatable bonds is 8. The molecule has 1 aromatic carbocycles. The molecule has 3 heterocycles. The highest BCUT2D eigenvalue weighted by Gasteiger charge is 2.15. The number of nitrogens with zero attached hydrogens (tertiary/aromatic N) is 4. The van der Waals surface area contributed by atoms with E-state index in [-0.39, 0.29) is 30.3 Å². The molecule has 0 saturated carbocycles. The Morgan fingerprint density at radius 2 is 1.91 bits per heavy atom. The van der Waals surface area contributed by atoms with Crippen molar-refractivity contribution in [2.24, 2.45) is 0 Å². The van der Waals surface area contributed by atoms with Gasteiger partial charge in [0.25, 0.3) is 5.56 Å². The van der Waals surface area contributed by atoms with Crippen molar-refractivity contribution in [1.82, 2.24) is 19.6 Å². The summed E-state index contributed by atoms with van der Waals surface area (Å²) in [7, 11) is 0. The maximum Gasteiger partial charge on any atom is 0.311 e. The minimum absolute atomic E-state index is 0.0368. The number of ether oxygens (including phenoxy) is 1. The van der Waals surface area contributed by atoms with Gasteiger partial charge in [0.2, 0.25) is 10.9 Å². The number of thiazole rings is 2. The monoisotopic (exact) mass is 469 g/mol. The first-order valence-corrected chi connectivity index (χ1v) is 11.6. The zero-order chi connectivity index (χ0) is 22.5. The van der Waals surface area contributed by atoms with Crippen molar-refractivity contribution in [3.05, 3.63) is 74.1 Å². The SMILES string of the molecule is CCOC(=O)Cc1csc(NC(=O)Cc2csc3nc(=O)c(Cc4ccccc4)nn23)n1. The first kappa shape index (κ1) is 21.8. The predicted molar refractivity (Wildman–Crippen MR) is 121 cm³/mol. The van der Waals surface area contributed by atoms with Gasteiger partial charge in [0.05, 0.1) is 30.8 Å². The second kappa shape index (κ2) is 9.79. The van der Waals surface area contributed by atoms with Crippen LogP contribution in [0.25, 0.3) is 4.96 Å². The van der Waals surface area contributed by atoms with E-state index in [1.807, 2.05) is 30.3 Å². The Hall–Kier alpha value is -3.44. The summed E-state index contributed by atoms with van der Waals surface area (Å²) in [5.41, 5.74) is 2.06. The number of carbonyl (C=O) groups excluding carboxylic acids is 2. The molecular formula is C21H19N5O4S2. The summed E-state index contributed by atoms with van der Waals surface area (Å²) in [6, 6.07) is 9.54. The lowest BCUT2D eigenvalue weighted by molar-refractivity contribution is -0.142. The summed E-state index contributed by atoms with van der Waals surface area (Å²) >= 11 is 2.49. The number of benzene rings is 1. The highest BCUT2D eigenvalue weighted by Crippen LogP contribution is 2.18. The lowest BCUT2D eigenvalue weighted by atomic mass is 10.1. The number of anilines is 1.